The summed E-state index contributed by atoms with van der Waals surface area (Å²) in [5.41, 5.74) is 0.888. The number of aromatic nitrogens is 1. The van der Waals surface area contributed by atoms with Crippen molar-refractivity contribution in [1.29, 1.82) is 0 Å². The van der Waals surface area contributed by atoms with Crippen molar-refractivity contribution >= 4 is 35.2 Å². The molecule has 0 spiro atoms. The van der Waals surface area contributed by atoms with Gasteiger partial charge in [-0.25, -0.2) is 0 Å². The first-order valence-corrected chi connectivity index (χ1v) is 8.39. The lowest BCUT2D eigenvalue weighted by molar-refractivity contribution is -0.645. The van der Waals surface area contributed by atoms with Crippen molar-refractivity contribution in [3.8, 4) is 0 Å². The summed E-state index contributed by atoms with van der Waals surface area (Å²) in [6.45, 7) is -0.0400. The second-order valence-corrected chi connectivity index (χ2v) is 6.15. The fraction of sp³-hybridized carbons (Fsp3) is 0.188. The van der Waals surface area contributed by atoms with Crippen LogP contribution in [0.3, 0.4) is 0 Å². The Morgan fingerprint density at radius 1 is 1.21 bits per heavy atom. The van der Waals surface area contributed by atoms with Gasteiger partial charge in [0.15, 0.2) is 12.8 Å². The zero-order valence-electron chi connectivity index (χ0n) is 12.6. The van der Waals surface area contributed by atoms with Gasteiger partial charge in [-0.15, -0.1) is 0 Å². The lowest BCUT2D eigenvalue weighted by Gasteiger charge is -2.07. The largest absolute Gasteiger partial charge is 0.618 e. The summed E-state index contributed by atoms with van der Waals surface area (Å²) in [5.74, 6) is -1.01. The molecule has 1 N–H and O–H groups in total. The van der Waals surface area contributed by atoms with Gasteiger partial charge in [-0.2, -0.15) is 4.73 Å². The average molecular weight is 367 g/mol. The molecule has 0 aliphatic heterocycles. The fourth-order valence-electron chi connectivity index (χ4n) is 1.70. The molecule has 2 aromatic rings. The number of benzene rings is 1. The third kappa shape index (κ3) is 6.10. The Kier molecular flexibility index (Phi) is 6.89. The monoisotopic (exact) mass is 366 g/mol. The highest BCUT2D eigenvalue weighted by Gasteiger charge is 2.11. The second kappa shape index (κ2) is 9.14. The number of carbonyl (C=O) groups is 2. The van der Waals surface area contributed by atoms with Gasteiger partial charge in [0, 0.05) is 23.7 Å². The number of ether oxygens (including phenoxy) is 1. The van der Waals surface area contributed by atoms with Gasteiger partial charge in [-0.3, -0.25) is 9.59 Å². The molecule has 2 rings (SSSR count). The van der Waals surface area contributed by atoms with Crippen LogP contribution < -0.4 is 10.0 Å². The molecule has 0 aliphatic carbocycles. The van der Waals surface area contributed by atoms with Crippen LogP contribution in [0.4, 0.5) is 0 Å². The molecule has 0 saturated carbocycles. The molecule has 0 unspecified atom stereocenters. The molecule has 1 aromatic heterocycles. The fourth-order valence-corrected chi connectivity index (χ4v) is 2.54. The normalized spacial score (nSPS) is 10.2. The zero-order valence-corrected chi connectivity index (χ0v) is 14.2. The van der Waals surface area contributed by atoms with E-state index in [1.165, 1.54) is 6.20 Å². The smallest absolute Gasteiger partial charge is 0.317 e. The number of hydrogen-bond acceptors (Lipinski definition) is 5. The Morgan fingerprint density at radius 3 is 2.67 bits per heavy atom. The molecule has 24 heavy (non-hydrogen) atoms. The Balaban J connectivity index is 1.66. The van der Waals surface area contributed by atoms with E-state index in [1.807, 2.05) is 0 Å². The van der Waals surface area contributed by atoms with Crippen molar-refractivity contribution in [3.63, 3.8) is 0 Å². The van der Waals surface area contributed by atoms with E-state index < -0.39 is 11.9 Å². The van der Waals surface area contributed by atoms with Crippen LogP contribution in [-0.2, 0) is 20.9 Å². The number of nitrogens with one attached hydrogen (secondary N) is 1. The van der Waals surface area contributed by atoms with Crippen LogP contribution >= 0.6 is 23.4 Å². The summed E-state index contributed by atoms with van der Waals surface area (Å²) in [5, 5.41) is 15.1. The van der Waals surface area contributed by atoms with E-state index in [-0.39, 0.29) is 12.4 Å². The Labute approximate surface area is 148 Å². The van der Waals surface area contributed by atoms with E-state index in [9.17, 15) is 14.8 Å². The third-order valence-electron chi connectivity index (χ3n) is 2.89. The topological polar surface area (TPSA) is 82.3 Å². The summed E-state index contributed by atoms with van der Waals surface area (Å²) >= 11 is 6.82. The van der Waals surface area contributed by atoms with Gasteiger partial charge in [0.1, 0.15) is 5.75 Å². The lowest BCUT2D eigenvalue weighted by Crippen LogP contribution is -2.29. The van der Waals surface area contributed by atoms with E-state index in [0.717, 1.165) is 17.3 Å². The number of amides is 1. The number of carbonyl (C=O) groups excluding carboxylic acids is 2. The summed E-state index contributed by atoms with van der Waals surface area (Å²) in [6, 6.07) is 11.9. The van der Waals surface area contributed by atoms with Crippen LogP contribution in [0.15, 0.2) is 53.7 Å². The van der Waals surface area contributed by atoms with E-state index in [2.05, 4.69) is 5.32 Å². The maximum atomic E-state index is 11.6. The predicted octanol–water partition coefficient (Wildman–Crippen LogP) is 1.93. The van der Waals surface area contributed by atoms with Crippen LogP contribution in [0.5, 0.6) is 0 Å². The molecule has 8 heteroatoms. The van der Waals surface area contributed by atoms with Crippen LogP contribution in [-0.4, -0.2) is 24.2 Å². The van der Waals surface area contributed by atoms with E-state index in [0.29, 0.717) is 21.3 Å². The van der Waals surface area contributed by atoms with Crippen molar-refractivity contribution < 1.29 is 19.1 Å². The average Bonchev–Trinajstić information content (AvgIpc) is 2.58. The van der Waals surface area contributed by atoms with Gasteiger partial charge in [0.2, 0.25) is 0 Å². The number of nitrogens with zero attached hydrogens (tertiary/aromatic N) is 1. The van der Waals surface area contributed by atoms with Crippen molar-refractivity contribution in [1.82, 2.24) is 5.32 Å². The summed E-state index contributed by atoms with van der Waals surface area (Å²) in [6.07, 6.45) is 1.35. The Hall–Kier alpha value is -2.25. The molecule has 0 saturated heterocycles. The lowest BCUT2D eigenvalue weighted by atomic mass is 10.2. The third-order valence-corrected chi connectivity index (χ3v) is 4.14. The van der Waals surface area contributed by atoms with Gasteiger partial charge in [0.05, 0.1) is 0 Å². The van der Waals surface area contributed by atoms with E-state index in [4.69, 9.17) is 16.3 Å². The molecule has 0 aliphatic rings. The maximum Gasteiger partial charge on any atom is 0.317 e. The van der Waals surface area contributed by atoms with Crippen molar-refractivity contribution in [2.45, 2.75) is 11.6 Å². The van der Waals surface area contributed by atoms with Gasteiger partial charge < -0.3 is 15.3 Å². The molecule has 0 bridgehead atoms. The molecule has 6 nitrogen and oxygen atoms in total. The van der Waals surface area contributed by atoms with Crippen LogP contribution in [0, 0.1) is 5.21 Å². The highest BCUT2D eigenvalue weighted by Crippen LogP contribution is 2.12. The van der Waals surface area contributed by atoms with Crippen LogP contribution in [0.25, 0.3) is 0 Å². The van der Waals surface area contributed by atoms with Crippen molar-refractivity contribution in [2.75, 3.05) is 12.4 Å². The van der Waals surface area contributed by atoms with Gasteiger partial charge in [-0.1, -0.05) is 23.7 Å². The summed E-state index contributed by atoms with van der Waals surface area (Å²) in [4.78, 5) is 23.2. The van der Waals surface area contributed by atoms with Gasteiger partial charge >= 0.3 is 5.97 Å². The number of hydrogen-bond donors (Lipinski definition) is 1. The molecule has 0 fully saturated rings. The highest BCUT2D eigenvalue weighted by molar-refractivity contribution is 7.99. The Morgan fingerprint density at radius 2 is 1.96 bits per heavy atom. The number of pyridine rings is 1. The maximum absolute atomic E-state index is 11.6. The number of esters is 1. The SMILES string of the molecule is O=C(COC(=O)CSc1cccc[n+]1[O-])NCc1ccc(Cl)cc1. The quantitative estimate of drug-likeness (QED) is 0.350. The second-order valence-electron chi connectivity index (χ2n) is 4.72. The first-order valence-electron chi connectivity index (χ1n) is 7.02. The first-order chi connectivity index (χ1) is 11.5. The first kappa shape index (κ1) is 18.1. The minimum atomic E-state index is -0.564. The zero-order chi connectivity index (χ0) is 17.4. The molecular formula is C16H15ClN2O4S. The van der Waals surface area contributed by atoms with Crippen LogP contribution in [0.1, 0.15) is 5.56 Å². The van der Waals surface area contributed by atoms with E-state index >= 15 is 0 Å². The molecule has 126 valence electrons. The van der Waals surface area contributed by atoms with Gasteiger partial charge in [0.25, 0.3) is 10.9 Å². The number of rotatable bonds is 7. The molecular weight excluding hydrogens is 352 g/mol. The number of thioether (sulfide) groups is 1. The molecule has 0 atom stereocenters. The minimum absolute atomic E-state index is 0.0449. The molecule has 1 amide bonds. The standard InChI is InChI=1S/C16H15ClN2O4S/c17-13-6-4-12(5-7-13)9-18-14(20)10-23-16(21)11-24-15-3-1-2-8-19(15)22/h1-8H,9-11H2,(H,18,20). The summed E-state index contributed by atoms with van der Waals surface area (Å²) < 4.78 is 5.53. The van der Waals surface area contributed by atoms with E-state index in [1.54, 1.807) is 42.5 Å². The molecule has 1 heterocycles. The predicted molar refractivity (Wildman–Crippen MR) is 90.4 cm³/mol. The molecule has 0 radical (unpaired) electrons. The highest BCUT2D eigenvalue weighted by atomic mass is 35.5. The van der Waals surface area contributed by atoms with Crippen molar-refractivity contribution in [3.05, 3.63) is 64.5 Å². The van der Waals surface area contributed by atoms with Crippen molar-refractivity contribution in [2.24, 2.45) is 0 Å². The number of halogens is 1. The van der Waals surface area contributed by atoms with Gasteiger partial charge in [-0.05, 0) is 35.5 Å². The summed E-state index contributed by atoms with van der Waals surface area (Å²) in [7, 11) is 0. The minimum Gasteiger partial charge on any atom is -0.618 e. The van der Waals surface area contributed by atoms with Crippen LogP contribution in [0.2, 0.25) is 5.02 Å². The molecule has 1 aromatic carbocycles. The Bertz CT molecular complexity index is 709.